The molecule has 0 atom stereocenters. The number of carbonyl (C=O) groups excluding carboxylic acids is 1. The van der Waals surface area contributed by atoms with E-state index in [2.05, 4.69) is 0 Å². The van der Waals surface area contributed by atoms with Crippen LogP contribution in [0.25, 0.3) is 0 Å². The summed E-state index contributed by atoms with van der Waals surface area (Å²) in [6.45, 7) is 0. The van der Waals surface area contributed by atoms with Gasteiger partial charge in [0, 0.05) is 22.9 Å². The zero-order chi connectivity index (χ0) is 10.1. The Morgan fingerprint density at radius 2 is 2.21 bits per heavy atom. The van der Waals surface area contributed by atoms with Crippen molar-refractivity contribution in [2.75, 3.05) is 5.75 Å². The molecule has 0 spiro atoms. The van der Waals surface area contributed by atoms with Gasteiger partial charge in [-0.3, -0.25) is 4.79 Å². The molecular weight excluding hydrogens is 223 g/mol. The molecule has 1 aromatic carbocycles. The molecule has 1 aliphatic rings. The first-order chi connectivity index (χ1) is 6.70. The minimum absolute atomic E-state index is 0.134. The van der Waals surface area contributed by atoms with Crippen LogP contribution in [0.1, 0.15) is 22.3 Å². The van der Waals surface area contributed by atoms with Crippen LogP contribution in [0.3, 0.4) is 0 Å². The number of rotatable bonds is 0. The van der Waals surface area contributed by atoms with Gasteiger partial charge in [-0.15, -0.1) is 0 Å². The first kappa shape index (κ1) is 9.99. The Bertz CT molecular complexity index is 392. The van der Waals surface area contributed by atoms with Gasteiger partial charge in [-0.1, -0.05) is 11.6 Å². The van der Waals surface area contributed by atoms with E-state index in [-0.39, 0.29) is 11.3 Å². The third-order valence-electron chi connectivity index (χ3n) is 2.20. The molecule has 0 bridgehead atoms. The molecule has 2 rings (SSSR count). The van der Waals surface area contributed by atoms with E-state index in [1.807, 2.05) is 0 Å². The second kappa shape index (κ2) is 3.91. The van der Waals surface area contributed by atoms with Crippen molar-refractivity contribution in [3.05, 3.63) is 34.1 Å². The fourth-order valence-electron chi connectivity index (χ4n) is 1.50. The lowest BCUT2D eigenvalue weighted by atomic mass is 10.0. The zero-order valence-electron chi connectivity index (χ0n) is 7.35. The minimum atomic E-state index is -0.447. The molecule has 1 heterocycles. The van der Waals surface area contributed by atoms with Gasteiger partial charge in [-0.05, 0) is 17.7 Å². The fraction of sp³-hybridized carbons (Fsp3) is 0.300. The van der Waals surface area contributed by atoms with Crippen molar-refractivity contribution in [1.29, 1.82) is 0 Å². The SMILES string of the molecule is O=C1CCSCc2c(Cl)ccc(F)c21. The Hall–Kier alpha value is -0.540. The van der Waals surface area contributed by atoms with Crippen LogP contribution in [0, 0.1) is 5.82 Å². The van der Waals surface area contributed by atoms with Crippen LogP contribution >= 0.6 is 23.4 Å². The summed E-state index contributed by atoms with van der Waals surface area (Å²) in [7, 11) is 0. The molecule has 0 unspecified atom stereocenters. The summed E-state index contributed by atoms with van der Waals surface area (Å²) in [4.78, 5) is 11.6. The summed E-state index contributed by atoms with van der Waals surface area (Å²) in [5.74, 6) is 0.780. The van der Waals surface area contributed by atoms with Crippen molar-refractivity contribution in [2.24, 2.45) is 0 Å². The van der Waals surface area contributed by atoms with E-state index in [0.717, 1.165) is 5.75 Å². The summed E-state index contributed by atoms with van der Waals surface area (Å²) in [5, 5.41) is 0.490. The maximum absolute atomic E-state index is 13.4. The van der Waals surface area contributed by atoms with Crippen molar-refractivity contribution in [2.45, 2.75) is 12.2 Å². The highest BCUT2D eigenvalue weighted by molar-refractivity contribution is 7.98. The molecular formula is C10H8ClFOS. The predicted molar refractivity (Wildman–Crippen MR) is 56.5 cm³/mol. The second-order valence-electron chi connectivity index (χ2n) is 3.11. The Balaban J connectivity index is 2.62. The number of Topliss-reactive ketones (excluding diaryl/α,β-unsaturated/α-hetero) is 1. The lowest BCUT2D eigenvalue weighted by Crippen LogP contribution is -2.05. The van der Waals surface area contributed by atoms with E-state index >= 15 is 0 Å². The van der Waals surface area contributed by atoms with Gasteiger partial charge < -0.3 is 0 Å². The maximum Gasteiger partial charge on any atom is 0.167 e. The first-order valence-electron chi connectivity index (χ1n) is 4.28. The maximum atomic E-state index is 13.4. The van der Waals surface area contributed by atoms with E-state index in [0.29, 0.717) is 22.8 Å². The average molecular weight is 231 g/mol. The molecule has 0 radical (unpaired) electrons. The summed E-state index contributed by atoms with van der Waals surface area (Å²) in [5.41, 5.74) is 0.849. The largest absolute Gasteiger partial charge is 0.294 e. The van der Waals surface area contributed by atoms with Crippen LogP contribution < -0.4 is 0 Å². The van der Waals surface area contributed by atoms with E-state index in [1.165, 1.54) is 12.1 Å². The van der Waals surface area contributed by atoms with Crippen LogP contribution in [0.5, 0.6) is 0 Å². The van der Waals surface area contributed by atoms with Crippen molar-refractivity contribution in [3.63, 3.8) is 0 Å². The molecule has 1 aliphatic heterocycles. The van der Waals surface area contributed by atoms with Crippen LogP contribution in [0.4, 0.5) is 4.39 Å². The third-order valence-corrected chi connectivity index (χ3v) is 3.54. The van der Waals surface area contributed by atoms with Crippen LogP contribution in [-0.2, 0) is 5.75 Å². The molecule has 0 fully saturated rings. The number of halogens is 2. The standard InChI is InChI=1S/C10H8ClFOS/c11-7-1-2-8(12)10-6(7)5-14-4-3-9(10)13/h1-2H,3-5H2. The van der Waals surface area contributed by atoms with Crippen LogP contribution in [0.15, 0.2) is 12.1 Å². The normalized spacial score (nSPS) is 16.3. The molecule has 4 heteroatoms. The number of thioether (sulfide) groups is 1. The van der Waals surface area contributed by atoms with Gasteiger partial charge in [0.05, 0.1) is 5.56 Å². The van der Waals surface area contributed by atoms with Gasteiger partial charge in [-0.25, -0.2) is 4.39 Å². The summed E-state index contributed by atoms with van der Waals surface area (Å²) in [6, 6.07) is 2.77. The summed E-state index contributed by atoms with van der Waals surface area (Å²) < 4.78 is 13.4. The number of ketones is 1. The van der Waals surface area contributed by atoms with Crippen molar-refractivity contribution < 1.29 is 9.18 Å². The number of carbonyl (C=O) groups is 1. The van der Waals surface area contributed by atoms with Gasteiger partial charge in [0.2, 0.25) is 0 Å². The molecule has 0 aromatic heterocycles. The van der Waals surface area contributed by atoms with Gasteiger partial charge >= 0.3 is 0 Å². The molecule has 1 aromatic rings. The summed E-state index contributed by atoms with van der Waals surface area (Å²) in [6.07, 6.45) is 0.398. The quantitative estimate of drug-likeness (QED) is 0.680. The zero-order valence-corrected chi connectivity index (χ0v) is 8.92. The van der Waals surface area contributed by atoms with Crippen LogP contribution in [-0.4, -0.2) is 11.5 Å². The Kier molecular flexibility index (Phi) is 2.79. The van der Waals surface area contributed by atoms with Crippen molar-refractivity contribution in [1.82, 2.24) is 0 Å². The van der Waals surface area contributed by atoms with Gasteiger partial charge in [0.25, 0.3) is 0 Å². The smallest absolute Gasteiger partial charge is 0.167 e. The first-order valence-corrected chi connectivity index (χ1v) is 5.81. The Morgan fingerprint density at radius 3 is 3.00 bits per heavy atom. The highest BCUT2D eigenvalue weighted by Crippen LogP contribution is 2.31. The molecule has 0 saturated heterocycles. The van der Waals surface area contributed by atoms with Crippen molar-refractivity contribution >= 4 is 29.1 Å². The summed E-state index contributed by atoms with van der Waals surface area (Å²) >= 11 is 7.53. The molecule has 74 valence electrons. The van der Waals surface area contributed by atoms with Gasteiger partial charge in [0.1, 0.15) is 5.82 Å². The Morgan fingerprint density at radius 1 is 1.43 bits per heavy atom. The predicted octanol–water partition coefficient (Wildman–Crippen LogP) is 3.30. The number of hydrogen-bond acceptors (Lipinski definition) is 2. The van der Waals surface area contributed by atoms with E-state index < -0.39 is 5.82 Å². The van der Waals surface area contributed by atoms with Gasteiger partial charge in [-0.2, -0.15) is 11.8 Å². The average Bonchev–Trinajstić information content (AvgIpc) is 2.35. The minimum Gasteiger partial charge on any atom is -0.294 e. The van der Waals surface area contributed by atoms with Crippen LogP contribution in [0.2, 0.25) is 5.02 Å². The molecule has 0 N–H and O–H groups in total. The highest BCUT2D eigenvalue weighted by Gasteiger charge is 2.21. The molecule has 0 saturated carbocycles. The van der Waals surface area contributed by atoms with E-state index in [1.54, 1.807) is 11.8 Å². The topological polar surface area (TPSA) is 17.1 Å². The van der Waals surface area contributed by atoms with E-state index in [9.17, 15) is 9.18 Å². The number of fused-ring (bicyclic) bond motifs is 1. The molecule has 14 heavy (non-hydrogen) atoms. The monoisotopic (exact) mass is 230 g/mol. The second-order valence-corrected chi connectivity index (χ2v) is 4.62. The number of hydrogen-bond donors (Lipinski definition) is 0. The lowest BCUT2D eigenvalue weighted by Gasteiger charge is -2.06. The third kappa shape index (κ3) is 1.66. The fourth-order valence-corrected chi connectivity index (χ4v) is 2.78. The molecule has 0 aliphatic carbocycles. The van der Waals surface area contributed by atoms with Crippen molar-refractivity contribution in [3.8, 4) is 0 Å². The van der Waals surface area contributed by atoms with E-state index in [4.69, 9.17) is 11.6 Å². The lowest BCUT2D eigenvalue weighted by molar-refractivity contribution is 0.0985. The highest BCUT2D eigenvalue weighted by atomic mass is 35.5. The van der Waals surface area contributed by atoms with Gasteiger partial charge in [0.15, 0.2) is 5.78 Å². The number of benzene rings is 1. The molecule has 1 nitrogen and oxygen atoms in total. The molecule has 0 amide bonds. The Labute approximate surface area is 90.6 Å².